The van der Waals surface area contributed by atoms with Crippen molar-refractivity contribution in [3.63, 3.8) is 0 Å². The van der Waals surface area contributed by atoms with Gasteiger partial charge >= 0.3 is 0 Å². The molecule has 3 rings (SSSR count). The number of anilines is 1. The first-order valence-corrected chi connectivity index (χ1v) is 9.39. The van der Waals surface area contributed by atoms with Crippen molar-refractivity contribution in [2.75, 3.05) is 4.72 Å². The summed E-state index contributed by atoms with van der Waals surface area (Å²) in [6.07, 6.45) is 0. The predicted molar refractivity (Wildman–Crippen MR) is 98.1 cm³/mol. The van der Waals surface area contributed by atoms with E-state index >= 15 is 0 Å². The molecule has 1 N–H and O–H groups in total. The van der Waals surface area contributed by atoms with Gasteiger partial charge in [-0.3, -0.25) is 4.72 Å². The van der Waals surface area contributed by atoms with Crippen LogP contribution in [0.1, 0.15) is 22.6 Å². The van der Waals surface area contributed by atoms with E-state index in [2.05, 4.69) is 9.88 Å². The Balaban J connectivity index is 1.91. The van der Waals surface area contributed by atoms with Crippen LogP contribution in [0.4, 0.5) is 5.69 Å². The molecule has 130 valence electrons. The summed E-state index contributed by atoms with van der Waals surface area (Å²) in [7, 11) is -3.64. The standard InChI is InChI=1S/C19H20N2O3S/c1-12-5-10-18(13(2)11-12)21-25(22,23)17-8-6-16(7-9-17)19-14(3)20-24-15(19)4/h5-11,21H,1-4H3. The van der Waals surface area contributed by atoms with Gasteiger partial charge < -0.3 is 4.52 Å². The summed E-state index contributed by atoms with van der Waals surface area (Å²) in [6, 6.07) is 12.3. The fourth-order valence-corrected chi connectivity index (χ4v) is 3.96. The van der Waals surface area contributed by atoms with Crippen LogP contribution in [0.3, 0.4) is 0 Å². The fourth-order valence-electron chi connectivity index (χ4n) is 2.83. The Morgan fingerprint density at radius 1 is 0.960 bits per heavy atom. The number of benzene rings is 2. The van der Waals surface area contributed by atoms with E-state index in [1.165, 1.54) is 0 Å². The number of hydrogen-bond acceptors (Lipinski definition) is 4. The number of rotatable bonds is 4. The van der Waals surface area contributed by atoms with Crippen molar-refractivity contribution in [2.24, 2.45) is 0 Å². The van der Waals surface area contributed by atoms with Gasteiger partial charge in [0.25, 0.3) is 10.0 Å². The monoisotopic (exact) mass is 356 g/mol. The molecule has 0 aliphatic rings. The third-order valence-corrected chi connectivity index (χ3v) is 5.49. The van der Waals surface area contributed by atoms with Gasteiger partial charge in [-0.1, -0.05) is 35.0 Å². The first-order valence-electron chi connectivity index (χ1n) is 7.91. The Morgan fingerprint density at radius 3 is 2.20 bits per heavy atom. The van der Waals surface area contributed by atoms with E-state index in [4.69, 9.17) is 4.52 Å². The molecule has 0 aliphatic carbocycles. The number of sulfonamides is 1. The second kappa shape index (κ2) is 6.37. The largest absolute Gasteiger partial charge is 0.361 e. The molecule has 0 saturated carbocycles. The van der Waals surface area contributed by atoms with Crippen LogP contribution in [0, 0.1) is 27.7 Å². The van der Waals surface area contributed by atoms with Gasteiger partial charge in [-0.25, -0.2) is 8.42 Å². The zero-order chi connectivity index (χ0) is 18.2. The molecule has 1 heterocycles. The summed E-state index contributed by atoms with van der Waals surface area (Å²) in [5.74, 6) is 0.710. The Morgan fingerprint density at radius 2 is 1.64 bits per heavy atom. The third-order valence-electron chi connectivity index (χ3n) is 4.11. The minimum atomic E-state index is -3.64. The molecule has 0 amide bonds. The predicted octanol–water partition coefficient (Wildman–Crippen LogP) is 4.38. The van der Waals surface area contributed by atoms with E-state index in [0.29, 0.717) is 11.4 Å². The van der Waals surface area contributed by atoms with Gasteiger partial charge in [-0.15, -0.1) is 0 Å². The third kappa shape index (κ3) is 3.44. The first kappa shape index (κ1) is 17.2. The lowest BCUT2D eigenvalue weighted by Gasteiger charge is -2.11. The summed E-state index contributed by atoms with van der Waals surface area (Å²) in [6.45, 7) is 7.55. The highest BCUT2D eigenvalue weighted by molar-refractivity contribution is 7.92. The lowest BCUT2D eigenvalue weighted by Crippen LogP contribution is -2.13. The van der Waals surface area contributed by atoms with Gasteiger partial charge in [0, 0.05) is 5.56 Å². The Labute approximate surface area is 147 Å². The highest BCUT2D eigenvalue weighted by Crippen LogP contribution is 2.28. The van der Waals surface area contributed by atoms with Crippen LogP contribution in [-0.4, -0.2) is 13.6 Å². The van der Waals surface area contributed by atoms with Crippen LogP contribution < -0.4 is 4.72 Å². The number of nitrogens with zero attached hydrogens (tertiary/aromatic N) is 1. The van der Waals surface area contributed by atoms with Crippen LogP contribution in [-0.2, 0) is 10.0 Å². The topological polar surface area (TPSA) is 72.2 Å². The fraction of sp³-hybridized carbons (Fsp3) is 0.211. The summed E-state index contributed by atoms with van der Waals surface area (Å²) >= 11 is 0. The van der Waals surface area contributed by atoms with Crippen molar-refractivity contribution in [1.29, 1.82) is 0 Å². The number of aromatic nitrogens is 1. The van der Waals surface area contributed by atoms with E-state index in [9.17, 15) is 8.42 Å². The molecule has 25 heavy (non-hydrogen) atoms. The summed E-state index contributed by atoms with van der Waals surface area (Å²) in [5.41, 5.74) is 5.11. The molecule has 0 fully saturated rings. The maximum Gasteiger partial charge on any atom is 0.261 e. The quantitative estimate of drug-likeness (QED) is 0.753. The molecule has 3 aromatic rings. The highest BCUT2D eigenvalue weighted by Gasteiger charge is 2.17. The molecular weight excluding hydrogens is 336 g/mol. The van der Waals surface area contributed by atoms with Crippen LogP contribution in [0.25, 0.3) is 11.1 Å². The second-order valence-corrected chi connectivity index (χ2v) is 7.83. The molecule has 0 bridgehead atoms. The first-order chi connectivity index (χ1) is 11.8. The molecule has 1 aromatic heterocycles. The molecule has 6 heteroatoms. The molecule has 2 aromatic carbocycles. The minimum Gasteiger partial charge on any atom is -0.361 e. The van der Waals surface area contributed by atoms with Gasteiger partial charge in [0.2, 0.25) is 0 Å². The Hall–Kier alpha value is -2.60. The van der Waals surface area contributed by atoms with E-state index in [1.54, 1.807) is 30.3 Å². The molecule has 0 atom stereocenters. The SMILES string of the molecule is Cc1ccc(NS(=O)(=O)c2ccc(-c3c(C)noc3C)cc2)c(C)c1. The van der Waals surface area contributed by atoms with E-state index < -0.39 is 10.0 Å². The zero-order valence-electron chi connectivity index (χ0n) is 14.6. The summed E-state index contributed by atoms with van der Waals surface area (Å²) in [4.78, 5) is 0.211. The van der Waals surface area contributed by atoms with Gasteiger partial charge in [0.05, 0.1) is 16.3 Å². The summed E-state index contributed by atoms with van der Waals surface area (Å²) in [5, 5.41) is 3.93. The molecule has 0 aliphatic heterocycles. The van der Waals surface area contributed by atoms with Crippen molar-refractivity contribution in [3.8, 4) is 11.1 Å². The number of hydrogen-bond donors (Lipinski definition) is 1. The molecule has 0 radical (unpaired) electrons. The van der Waals surface area contributed by atoms with Gasteiger partial charge in [0.1, 0.15) is 5.76 Å². The van der Waals surface area contributed by atoms with Crippen LogP contribution in [0.15, 0.2) is 51.9 Å². The summed E-state index contributed by atoms with van der Waals surface area (Å²) < 4.78 is 33.1. The van der Waals surface area contributed by atoms with E-state index in [1.807, 2.05) is 39.8 Å². The van der Waals surface area contributed by atoms with E-state index in [0.717, 1.165) is 27.9 Å². The van der Waals surface area contributed by atoms with Crippen molar-refractivity contribution in [2.45, 2.75) is 32.6 Å². The average molecular weight is 356 g/mol. The van der Waals surface area contributed by atoms with Gasteiger partial charge in [0.15, 0.2) is 0 Å². The average Bonchev–Trinajstić information content (AvgIpc) is 2.89. The molecule has 5 nitrogen and oxygen atoms in total. The maximum atomic E-state index is 12.6. The van der Waals surface area contributed by atoms with Crippen LogP contribution >= 0.6 is 0 Å². The number of nitrogens with one attached hydrogen (secondary N) is 1. The van der Waals surface area contributed by atoms with Crippen molar-refractivity contribution in [1.82, 2.24) is 5.16 Å². The van der Waals surface area contributed by atoms with Crippen molar-refractivity contribution in [3.05, 3.63) is 65.0 Å². The van der Waals surface area contributed by atoms with E-state index in [-0.39, 0.29) is 4.90 Å². The van der Waals surface area contributed by atoms with Crippen LogP contribution in [0.5, 0.6) is 0 Å². The lowest BCUT2D eigenvalue weighted by molar-refractivity contribution is 0.393. The number of aryl methyl sites for hydroxylation is 4. The smallest absolute Gasteiger partial charge is 0.261 e. The van der Waals surface area contributed by atoms with Crippen molar-refractivity contribution >= 4 is 15.7 Å². The normalized spacial score (nSPS) is 11.5. The van der Waals surface area contributed by atoms with Crippen molar-refractivity contribution < 1.29 is 12.9 Å². The molecule has 0 unspecified atom stereocenters. The van der Waals surface area contributed by atoms with Gasteiger partial charge in [-0.2, -0.15) is 0 Å². The van der Waals surface area contributed by atoms with Gasteiger partial charge in [-0.05, 0) is 57.0 Å². The second-order valence-electron chi connectivity index (χ2n) is 6.15. The highest BCUT2D eigenvalue weighted by atomic mass is 32.2. The Bertz CT molecular complexity index is 1000. The Kier molecular flexibility index (Phi) is 4.39. The maximum absolute atomic E-state index is 12.6. The molecular formula is C19H20N2O3S. The lowest BCUT2D eigenvalue weighted by atomic mass is 10.0. The molecule has 0 spiro atoms. The minimum absolute atomic E-state index is 0.211. The zero-order valence-corrected chi connectivity index (χ0v) is 15.4. The molecule has 0 saturated heterocycles. The van der Waals surface area contributed by atoms with Crippen LogP contribution in [0.2, 0.25) is 0 Å².